The summed E-state index contributed by atoms with van der Waals surface area (Å²) in [6.07, 6.45) is 0. The fourth-order valence-electron chi connectivity index (χ4n) is 3.23. The Balaban J connectivity index is 0.000000652. The van der Waals surface area contributed by atoms with Crippen LogP contribution in [0, 0.1) is 0 Å². The van der Waals surface area contributed by atoms with Crippen LogP contribution in [-0.4, -0.2) is 11.7 Å². The van der Waals surface area contributed by atoms with E-state index < -0.39 is 0 Å². The third-order valence-electron chi connectivity index (χ3n) is 4.14. The van der Waals surface area contributed by atoms with Crippen molar-refractivity contribution in [3.63, 3.8) is 0 Å². The molecule has 0 saturated carbocycles. The number of aliphatic imine (C=N–C) groups is 1. The number of carbonyl (C=O) groups excluding carboxylic acids is 1. The molecule has 0 N–H and O–H groups in total. The summed E-state index contributed by atoms with van der Waals surface area (Å²) in [4.78, 5) is 19.2. The summed E-state index contributed by atoms with van der Waals surface area (Å²) in [5.74, 6) is 0.744. The van der Waals surface area contributed by atoms with Crippen LogP contribution in [0.2, 0.25) is 0 Å². The van der Waals surface area contributed by atoms with Crippen molar-refractivity contribution in [2.24, 2.45) is 4.99 Å². The predicted octanol–water partition coefficient (Wildman–Crippen LogP) is 4.92. The van der Waals surface area contributed by atoms with Gasteiger partial charge < -0.3 is 0 Å². The fourth-order valence-corrected chi connectivity index (χ4v) is 3.23. The van der Waals surface area contributed by atoms with Crippen molar-refractivity contribution in [1.82, 2.24) is 0 Å². The Morgan fingerprint density at radius 2 is 1.52 bits per heavy atom. The first-order valence-electron chi connectivity index (χ1n) is 7.89. The molecule has 5 rings (SSSR count). The quantitative estimate of drug-likeness (QED) is 0.580. The van der Waals surface area contributed by atoms with Crippen LogP contribution in [0.1, 0.15) is 29.8 Å². The molecule has 2 aliphatic heterocycles. The van der Waals surface area contributed by atoms with Gasteiger partial charge in [-0.3, -0.25) is 9.69 Å². The number of anilines is 1. The van der Waals surface area contributed by atoms with E-state index in [4.69, 9.17) is 4.99 Å². The molecule has 0 spiro atoms. The Hall–Kier alpha value is -2.94. The molecule has 0 aromatic heterocycles. The van der Waals surface area contributed by atoms with E-state index in [1.54, 1.807) is 4.90 Å². The minimum absolute atomic E-state index is 0.00588. The van der Waals surface area contributed by atoms with E-state index in [2.05, 4.69) is 12.1 Å². The average molecular weight is 300 g/mol. The van der Waals surface area contributed by atoms with E-state index >= 15 is 0 Å². The van der Waals surface area contributed by atoms with Crippen LogP contribution in [0.3, 0.4) is 0 Å². The second-order valence-corrected chi connectivity index (χ2v) is 5.27. The zero-order valence-electron chi connectivity index (χ0n) is 13.1. The van der Waals surface area contributed by atoms with Gasteiger partial charge in [0.2, 0.25) is 0 Å². The van der Waals surface area contributed by atoms with Gasteiger partial charge in [0.25, 0.3) is 5.91 Å². The van der Waals surface area contributed by atoms with Crippen molar-refractivity contribution < 1.29 is 4.79 Å². The molecule has 3 heteroatoms. The highest BCUT2D eigenvalue weighted by atomic mass is 16.2. The molecule has 0 bridgehead atoms. The molecule has 2 aliphatic rings. The molecule has 0 atom stereocenters. The number of hydrogen-bond acceptors (Lipinski definition) is 2. The van der Waals surface area contributed by atoms with Gasteiger partial charge >= 0.3 is 0 Å². The Morgan fingerprint density at radius 1 is 0.826 bits per heavy atom. The Kier molecular flexibility index (Phi) is 3.01. The van der Waals surface area contributed by atoms with E-state index in [1.165, 1.54) is 0 Å². The smallest absolute Gasteiger partial charge is 0.264 e. The number of carbonyl (C=O) groups is 1. The lowest BCUT2D eigenvalue weighted by Crippen LogP contribution is -2.31. The molecule has 3 nitrogen and oxygen atoms in total. The van der Waals surface area contributed by atoms with E-state index in [0.717, 1.165) is 39.1 Å². The highest BCUT2D eigenvalue weighted by Crippen LogP contribution is 2.42. The Labute approximate surface area is 134 Å². The normalized spacial score (nSPS) is 13.9. The SMILES string of the molecule is CC.O=C1c2ccccc2C2=Nc3cccc4cccc(c34)N12. The zero-order chi connectivity index (χ0) is 16.0. The monoisotopic (exact) mass is 300 g/mol. The number of fused-ring (bicyclic) bond motifs is 4. The van der Waals surface area contributed by atoms with Gasteiger partial charge in [-0.1, -0.05) is 56.3 Å². The standard InChI is InChI=1S/C18H10N2O.C2H6/c21-18-13-8-2-1-7-12(13)17-19-14-9-3-5-11-6-4-10-15(16(11)14)20(17)18;1-2/h1-10H;1-2H3. The van der Waals surface area contributed by atoms with E-state index in [0.29, 0.717) is 0 Å². The molecule has 0 radical (unpaired) electrons. The second-order valence-electron chi connectivity index (χ2n) is 5.27. The van der Waals surface area contributed by atoms with Crippen LogP contribution in [-0.2, 0) is 0 Å². The number of benzene rings is 3. The fraction of sp³-hybridized carbons (Fsp3) is 0.100. The van der Waals surface area contributed by atoms with E-state index in [-0.39, 0.29) is 5.91 Å². The number of nitrogens with zero attached hydrogens (tertiary/aromatic N) is 2. The predicted molar refractivity (Wildman–Crippen MR) is 94.7 cm³/mol. The molecule has 1 amide bonds. The summed E-state index contributed by atoms with van der Waals surface area (Å²) in [7, 11) is 0. The van der Waals surface area contributed by atoms with Gasteiger partial charge in [0.15, 0.2) is 0 Å². The summed E-state index contributed by atoms with van der Waals surface area (Å²) in [5, 5.41) is 2.15. The number of amides is 1. The van der Waals surface area contributed by atoms with Crippen molar-refractivity contribution in [2.45, 2.75) is 13.8 Å². The number of amidine groups is 1. The number of hydrogen-bond donors (Lipinski definition) is 0. The lowest BCUT2D eigenvalue weighted by atomic mass is 10.0. The van der Waals surface area contributed by atoms with Crippen LogP contribution in [0.5, 0.6) is 0 Å². The maximum Gasteiger partial charge on any atom is 0.264 e. The molecule has 112 valence electrons. The minimum Gasteiger partial charge on any atom is -0.268 e. The summed E-state index contributed by atoms with van der Waals surface area (Å²) in [6, 6.07) is 19.7. The van der Waals surface area contributed by atoms with Crippen molar-refractivity contribution in [2.75, 3.05) is 4.90 Å². The highest BCUT2D eigenvalue weighted by molar-refractivity contribution is 6.39. The Morgan fingerprint density at radius 3 is 2.30 bits per heavy atom. The van der Waals surface area contributed by atoms with Gasteiger partial charge in [-0.05, 0) is 23.6 Å². The first kappa shape index (κ1) is 13.7. The molecule has 3 aromatic carbocycles. The molecule has 23 heavy (non-hydrogen) atoms. The lowest BCUT2D eigenvalue weighted by Gasteiger charge is -2.24. The molecule has 0 fully saturated rings. The van der Waals surface area contributed by atoms with Crippen LogP contribution >= 0.6 is 0 Å². The summed E-state index contributed by atoms with van der Waals surface area (Å²) in [5.41, 5.74) is 3.49. The highest BCUT2D eigenvalue weighted by Gasteiger charge is 2.37. The van der Waals surface area contributed by atoms with Crippen LogP contribution in [0.15, 0.2) is 65.7 Å². The van der Waals surface area contributed by atoms with Gasteiger partial charge in [0.05, 0.1) is 16.9 Å². The van der Waals surface area contributed by atoms with Crippen LogP contribution in [0.4, 0.5) is 11.4 Å². The third-order valence-corrected chi connectivity index (χ3v) is 4.14. The molecule has 0 aliphatic carbocycles. The van der Waals surface area contributed by atoms with Gasteiger partial charge in [-0.15, -0.1) is 0 Å². The van der Waals surface area contributed by atoms with Gasteiger partial charge in [0.1, 0.15) is 5.84 Å². The maximum atomic E-state index is 12.7. The zero-order valence-corrected chi connectivity index (χ0v) is 13.1. The van der Waals surface area contributed by atoms with E-state index in [9.17, 15) is 4.79 Å². The third kappa shape index (κ3) is 1.77. The first-order valence-corrected chi connectivity index (χ1v) is 7.89. The van der Waals surface area contributed by atoms with Crippen LogP contribution in [0.25, 0.3) is 10.8 Å². The van der Waals surface area contributed by atoms with Crippen molar-refractivity contribution >= 4 is 33.9 Å². The second kappa shape index (κ2) is 5.06. The molecule has 2 heterocycles. The topological polar surface area (TPSA) is 32.7 Å². The summed E-state index contributed by atoms with van der Waals surface area (Å²) < 4.78 is 0. The summed E-state index contributed by atoms with van der Waals surface area (Å²) >= 11 is 0. The average Bonchev–Trinajstić information content (AvgIpc) is 2.91. The largest absolute Gasteiger partial charge is 0.268 e. The van der Waals surface area contributed by atoms with Crippen molar-refractivity contribution in [3.8, 4) is 0 Å². The van der Waals surface area contributed by atoms with Crippen LogP contribution < -0.4 is 4.90 Å². The maximum absolute atomic E-state index is 12.7. The van der Waals surface area contributed by atoms with Gasteiger partial charge in [-0.2, -0.15) is 0 Å². The van der Waals surface area contributed by atoms with Crippen molar-refractivity contribution in [3.05, 3.63) is 71.8 Å². The minimum atomic E-state index is 0.00588. The van der Waals surface area contributed by atoms with Crippen molar-refractivity contribution in [1.29, 1.82) is 0 Å². The first-order chi connectivity index (χ1) is 11.3. The molecular formula is C20H16N2O. The van der Waals surface area contributed by atoms with Gasteiger partial charge in [0, 0.05) is 10.9 Å². The molecule has 0 unspecified atom stereocenters. The number of rotatable bonds is 0. The molecular weight excluding hydrogens is 284 g/mol. The van der Waals surface area contributed by atoms with Gasteiger partial charge in [-0.25, -0.2) is 4.99 Å². The molecule has 3 aromatic rings. The Bertz CT molecular complexity index is 967. The lowest BCUT2D eigenvalue weighted by molar-refractivity contribution is 0.101. The molecule has 0 saturated heterocycles. The van der Waals surface area contributed by atoms with E-state index in [1.807, 2.05) is 62.4 Å². The summed E-state index contributed by atoms with van der Waals surface area (Å²) in [6.45, 7) is 4.00.